The van der Waals surface area contributed by atoms with Gasteiger partial charge in [-0.1, -0.05) is 37.3 Å². The fraction of sp³-hybridized carbons (Fsp3) is 0.462. The first-order valence-electron chi connectivity index (χ1n) is 6.12. The summed E-state index contributed by atoms with van der Waals surface area (Å²) in [4.78, 5) is 12.7. The number of hydrogen-bond acceptors (Lipinski definition) is 3. The number of halogens is 3. The first-order valence-corrected chi connectivity index (χ1v) is 6.12. The summed E-state index contributed by atoms with van der Waals surface area (Å²) in [5, 5.41) is 0. The zero-order valence-corrected chi connectivity index (χ0v) is 11.2. The minimum Gasteiger partial charge on any atom is -0.368 e. The molecule has 0 aliphatic carbocycles. The largest absolute Gasteiger partial charge is 0.401 e. The lowest BCUT2D eigenvalue weighted by Gasteiger charge is -2.33. The zero-order valence-electron chi connectivity index (χ0n) is 11.2. The summed E-state index contributed by atoms with van der Waals surface area (Å²) < 4.78 is 37.4. The molecule has 0 saturated heterocycles. The summed E-state index contributed by atoms with van der Waals surface area (Å²) in [6.45, 7) is 0.252. The zero-order chi connectivity index (χ0) is 15.4. The summed E-state index contributed by atoms with van der Waals surface area (Å²) >= 11 is 0. The Morgan fingerprint density at radius 1 is 1.20 bits per heavy atom. The lowest BCUT2D eigenvalue weighted by atomic mass is 9.89. The fourth-order valence-corrected chi connectivity index (χ4v) is 1.93. The highest BCUT2D eigenvalue weighted by Crippen LogP contribution is 2.22. The summed E-state index contributed by atoms with van der Waals surface area (Å²) in [7, 11) is 0. The van der Waals surface area contributed by atoms with Crippen LogP contribution in [0.15, 0.2) is 30.3 Å². The molecule has 0 spiro atoms. The Bertz CT molecular complexity index is 450. The maximum absolute atomic E-state index is 12.5. The standard InChI is InChI=1S/C13H18F3N3O/c1-2-19(9-13(14,15)16)8-12(18,11(17)20)10-6-4-3-5-7-10/h3-7H,2,8-9,18H2,1H3,(H2,17,20). The van der Waals surface area contributed by atoms with Crippen molar-refractivity contribution in [1.82, 2.24) is 4.90 Å². The first kappa shape index (κ1) is 16.5. The van der Waals surface area contributed by atoms with Gasteiger partial charge < -0.3 is 11.5 Å². The Balaban J connectivity index is 3.00. The number of likely N-dealkylation sites (N-methyl/N-ethyl adjacent to an activating group) is 1. The van der Waals surface area contributed by atoms with Gasteiger partial charge in [-0.3, -0.25) is 9.69 Å². The minimum absolute atomic E-state index is 0.110. The maximum Gasteiger partial charge on any atom is 0.401 e. The van der Waals surface area contributed by atoms with Crippen LogP contribution in [-0.4, -0.2) is 36.6 Å². The molecule has 0 radical (unpaired) electrons. The van der Waals surface area contributed by atoms with E-state index >= 15 is 0 Å². The van der Waals surface area contributed by atoms with Crippen LogP contribution in [0.4, 0.5) is 13.2 Å². The molecule has 112 valence electrons. The van der Waals surface area contributed by atoms with Crippen LogP contribution in [0.5, 0.6) is 0 Å². The first-order chi connectivity index (χ1) is 9.19. The molecule has 0 bridgehead atoms. The number of primary amides is 1. The topological polar surface area (TPSA) is 72.3 Å². The van der Waals surface area contributed by atoms with Crippen LogP contribution in [0.2, 0.25) is 0 Å². The molecular weight excluding hydrogens is 271 g/mol. The average Bonchev–Trinajstić information content (AvgIpc) is 2.37. The number of benzene rings is 1. The van der Waals surface area contributed by atoms with Crippen LogP contribution in [0, 0.1) is 0 Å². The molecule has 0 aromatic heterocycles. The van der Waals surface area contributed by atoms with Crippen LogP contribution in [0.25, 0.3) is 0 Å². The summed E-state index contributed by atoms with van der Waals surface area (Å²) in [5.74, 6) is -0.857. The number of carbonyl (C=O) groups excluding carboxylic acids is 1. The lowest BCUT2D eigenvalue weighted by molar-refractivity contribution is -0.149. The highest BCUT2D eigenvalue weighted by atomic mass is 19.4. The van der Waals surface area contributed by atoms with Gasteiger partial charge in [0.1, 0.15) is 5.54 Å². The monoisotopic (exact) mass is 289 g/mol. The van der Waals surface area contributed by atoms with E-state index in [1.807, 2.05) is 0 Å². The Hall–Kier alpha value is -1.60. The predicted molar refractivity (Wildman–Crippen MR) is 69.7 cm³/mol. The molecule has 1 atom stereocenters. The van der Waals surface area contributed by atoms with E-state index in [0.29, 0.717) is 5.56 Å². The van der Waals surface area contributed by atoms with Gasteiger partial charge in [0, 0.05) is 6.54 Å². The normalized spacial score (nSPS) is 15.1. The third kappa shape index (κ3) is 4.21. The average molecular weight is 289 g/mol. The van der Waals surface area contributed by atoms with Crippen molar-refractivity contribution in [3.63, 3.8) is 0 Å². The smallest absolute Gasteiger partial charge is 0.368 e. The van der Waals surface area contributed by atoms with Crippen LogP contribution in [0.1, 0.15) is 12.5 Å². The fourth-order valence-electron chi connectivity index (χ4n) is 1.93. The highest BCUT2D eigenvalue weighted by Gasteiger charge is 2.39. The molecule has 0 heterocycles. The van der Waals surface area contributed by atoms with Crippen LogP contribution < -0.4 is 11.5 Å². The van der Waals surface area contributed by atoms with E-state index in [1.165, 1.54) is 0 Å². The van der Waals surface area contributed by atoms with Gasteiger partial charge in [-0.2, -0.15) is 13.2 Å². The number of carbonyl (C=O) groups is 1. The molecule has 1 unspecified atom stereocenters. The van der Waals surface area contributed by atoms with Crippen molar-refractivity contribution in [3.05, 3.63) is 35.9 Å². The van der Waals surface area contributed by atoms with E-state index in [9.17, 15) is 18.0 Å². The minimum atomic E-state index is -4.36. The Morgan fingerprint density at radius 3 is 2.15 bits per heavy atom. The quantitative estimate of drug-likeness (QED) is 0.827. The molecule has 20 heavy (non-hydrogen) atoms. The molecule has 1 amide bonds. The second-order valence-electron chi connectivity index (χ2n) is 4.62. The van der Waals surface area contributed by atoms with Gasteiger partial charge in [0.15, 0.2) is 0 Å². The van der Waals surface area contributed by atoms with Crippen molar-refractivity contribution in [2.75, 3.05) is 19.6 Å². The Kier molecular flexibility index (Phi) is 5.13. The van der Waals surface area contributed by atoms with E-state index in [4.69, 9.17) is 11.5 Å². The van der Waals surface area contributed by atoms with Crippen LogP contribution >= 0.6 is 0 Å². The summed E-state index contributed by atoms with van der Waals surface area (Å²) in [6, 6.07) is 8.18. The summed E-state index contributed by atoms with van der Waals surface area (Å²) in [5.41, 5.74) is 10.0. The van der Waals surface area contributed by atoms with E-state index in [-0.39, 0.29) is 13.1 Å². The molecule has 1 aromatic carbocycles. The van der Waals surface area contributed by atoms with Gasteiger partial charge in [-0.15, -0.1) is 0 Å². The molecule has 0 fully saturated rings. The van der Waals surface area contributed by atoms with Crippen molar-refractivity contribution in [3.8, 4) is 0 Å². The molecule has 7 heteroatoms. The number of alkyl halides is 3. The maximum atomic E-state index is 12.5. The van der Waals surface area contributed by atoms with E-state index in [0.717, 1.165) is 4.90 Å². The second-order valence-corrected chi connectivity index (χ2v) is 4.62. The molecule has 1 aromatic rings. The van der Waals surface area contributed by atoms with Crippen molar-refractivity contribution in [1.29, 1.82) is 0 Å². The van der Waals surface area contributed by atoms with Crippen LogP contribution in [-0.2, 0) is 10.3 Å². The Labute approximate surface area is 115 Å². The van der Waals surface area contributed by atoms with Crippen molar-refractivity contribution < 1.29 is 18.0 Å². The van der Waals surface area contributed by atoms with Gasteiger partial charge in [-0.05, 0) is 12.1 Å². The molecule has 0 aliphatic rings. The number of rotatable bonds is 6. The summed E-state index contributed by atoms with van der Waals surface area (Å²) in [6.07, 6.45) is -4.36. The van der Waals surface area contributed by atoms with Gasteiger partial charge in [0.25, 0.3) is 0 Å². The van der Waals surface area contributed by atoms with Crippen molar-refractivity contribution >= 4 is 5.91 Å². The van der Waals surface area contributed by atoms with E-state index in [2.05, 4.69) is 0 Å². The van der Waals surface area contributed by atoms with Gasteiger partial charge in [-0.25, -0.2) is 0 Å². The molecule has 4 nitrogen and oxygen atoms in total. The van der Waals surface area contributed by atoms with Crippen LogP contribution in [0.3, 0.4) is 0 Å². The van der Waals surface area contributed by atoms with Crippen molar-refractivity contribution in [2.45, 2.75) is 18.6 Å². The Morgan fingerprint density at radius 2 is 1.75 bits per heavy atom. The lowest BCUT2D eigenvalue weighted by Crippen LogP contribution is -2.57. The number of hydrogen-bond donors (Lipinski definition) is 2. The molecular formula is C13H18F3N3O. The van der Waals surface area contributed by atoms with E-state index < -0.39 is 24.2 Å². The third-order valence-corrected chi connectivity index (χ3v) is 3.05. The number of nitrogens with zero attached hydrogens (tertiary/aromatic N) is 1. The molecule has 0 saturated carbocycles. The SMILES string of the molecule is CCN(CC(F)(F)F)CC(N)(C(N)=O)c1ccccc1. The number of nitrogens with two attached hydrogens (primary N) is 2. The second kappa shape index (κ2) is 6.23. The van der Waals surface area contributed by atoms with Gasteiger partial charge in [0.2, 0.25) is 5.91 Å². The van der Waals surface area contributed by atoms with E-state index in [1.54, 1.807) is 37.3 Å². The van der Waals surface area contributed by atoms with Gasteiger partial charge >= 0.3 is 6.18 Å². The predicted octanol–water partition coefficient (Wildman–Crippen LogP) is 1.21. The van der Waals surface area contributed by atoms with Crippen molar-refractivity contribution in [2.24, 2.45) is 11.5 Å². The van der Waals surface area contributed by atoms with Gasteiger partial charge in [0.05, 0.1) is 6.54 Å². The molecule has 1 rings (SSSR count). The number of amides is 1. The third-order valence-electron chi connectivity index (χ3n) is 3.05. The molecule has 4 N–H and O–H groups in total. The molecule has 0 aliphatic heterocycles. The highest BCUT2D eigenvalue weighted by molar-refractivity contribution is 5.86.